The number of carbonyl (C=O) groups excluding carboxylic acids is 1. The molecule has 1 amide bonds. The summed E-state index contributed by atoms with van der Waals surface area (Å²) in [6.45, 7) is 12.8. The number of hydrogen-bond donors (Lipinski definition) is 2. The van der Waals surface area contributed by atoms with E-state index in [-0.39, 0.29) is 30.2 Å². The molecule has 0 spiro atoms. The van der Waals surface area contributed by atoms with Crippen molar-refractivity contribution >= 4 is 23.2 Å². The molecule has 0 bridgehead atoms. The molecule has 1 aliphatic carbocycles. The van der Waals surface area contributed by atoms with Gasteiger partial charge in [-0.15, -0.1) is 0 Å². The Kier molecular flexibility index (Phi) is 9.91. The summed E-state index contributed by atoms with van der Waals surface area (Å²) >= 11 is 6.98. The Balaban J connectivity index is 1.34. The maximum absolute atomic E-state index is 13.5. The average Bonchev–Trinajstić information content (AvgIpc) is 2.94. The predicted molar refractivity (Wildman–Crippen MR) is 160 cm³/mol. The molecule has 2 aromatic rings. The van der Waals surface area contributed by atoms with E-state index >= 15 is 0 Å². The number of aryl methyl sites for hydroxylation is 2. The number of nitrogens with zero attached hydrogens (tertiary/aromatic N) is 2. The van der Waals surface area contributed by atoms with Crippen LogP contribution in [0.25, 0.3) is 0 Å². The van der Waals surface area contributed by atoms with Crippen molar-refractivity contribution < 1.29 is 19.0 Å². The number of halogens is 1. The van der Waals surface area contributed by atoms with Crippen LogP contribution in [-0.4, -0.2) is 80.5 Å². The summed E-state index contributed by atoms with van der Waals surface area (Å²) in [6, 6.07) is 5.91. The molecule has 224 valence electrons. The smallest absolute Gasteiger partial charge is 0.253 e. The number of aromatic nitrogens is 1. The second-order valence-electron chi connectivity index (χ2n) is 11.5. The lowest BCUT2D eigenvalue weighted by Crippen LogP contribution is -2.45. The van der Waals surface area contributed by atoms with E-state index in [2.05, 4.69) is 27.0 Å². The zero-order chi connectivity index (χ0) is 28.9. The van der Waals surface area contributed by atoms with E-state index in [1.165, 1.54) is 0 Å². The number of nitrogens with one attached hydrogen (secondary N) is 2. The molecule has 2 N–H and O–H groups in total. The van der Waals surface area contributed by atoms with E-state index < -0.39 is 0 Å². The summed E-state index contributed by atoms with van der Waals surface area (Å²) in [5.41, 5.74) is 3.12. The zero-order valence-electron chi connectivity index (χ0n) is 24.5. The third kappa shape index (κ3) is 7.25. The number of ether oxygens (including phenoxy) is 3. The lowest BCUT2D eigenvalue weighted by molar-refractivity contribution is 0.000123. The molecule has 3 fully saturated rings. The molecule has 1 saturated carbocycles. The van der Waals surface area contributed by atoms with Crippen LogP contribution >= 0.6 is 11.6 Å². The zero-order valence-corrected chi connectivity index (χ0v) is 25.2. The Hall–Kier alpha value is -2.59. The van der Waals surface area contributed by atoms with Crippen LogP contribution in [0.1, 0.15) is 59.8 Å². The second-order valence-corrected chi connectivity index (χ2v) is 11.9. The maximum Gasteiger partial charge on any atom is 0.253 e. The van der Waals surface area contributed by atoms with Crippen molar-refractivity contribution in [1.29, 1.82) is 0 Å². The van der Waals surface area contributed by atoms with Crippen LogP contribution in [0.3, 0.4) is 0 Å². The van der Waals surface area contributed by atoms with Crippen LogP contribution in [0.2, 0.25) is 5.02 Å². The lowest BCUT2D eigenvalue weighted by Gasteiger charge is -2.40. The first-order valence-corrected chi connectivity index (χ1v) is 15.3. The fourth-order valence-electron chi connectivity index (χ4n) is 6.27. The van der Waals surface area contributed by atoms with Gasteiger partial charge in [0.15, 0.2) is 0 Å². The van der Waals surface area contributed by atoms with Crippen LogP contribution in [0.4, 0.5) is 5.69 Å². The number of anilines is 1. The number of H-pyrrole nitrogens is 1. The number of pyridine rings is 1. The van der Waals surface area contributed by atoms with Gasteiger partial charge in [0.2, 0.25) is 0 Å². The molecular formula is C31H43ClN4O5. The third-order valence-corrected chi connectivity index (χ3v) is 8.99. The van der Waals surface area contributed by atoms with Crippen molar-refractivity contribution in [3.8, 4) is 5.75 Å². The number of carbonyl (C=O) groups is 1. The minimum absolute atomic E-state index is 0.109. The molecule has 5 rings (SSSR count). The van der Waals surface area contributed by atoms with E-state index in [4.69, 9.17) is 25.8 Å². The monoisotopic (exact) mass is 586 g/mol. The van der Waals surface area contributed by atoms with E-state index in [1.54, 1.807) is 6.07 Å². The summed E-state index contributed by atoms with van der Waals surface area (Å²) in [4.78, 5) is 33.6. The molecule has 3 heterocycles. The van der Waals surface area contributed by atoms with Crippen molar-refractivity contribution in [3.63, 3.8) is 0 Å². The second kappa shape index (κ2) is 13.6. The SMILES string of the molecule is CCN(c1cc(OC2CC(CN3CCOCC3)C2)cc(C(=O)NCc2c(C)cc(C)[nH]c2=O)c1Cl)C1CCOCC1. The Bertz CT molecular complexity index is 1270. The summed E-state index contributed by atoms with van der Waals surface area (Å²) in [5, 5.41) is 3.33. The van der Waals surface area contributed by atoms with Crippen molar-refractivity contribution in [2.24, 2.45) is 5.92 Å². The van der Waals surface area contributed by atoms with Crippen LogP contribution in [0.15, 0.2) is 23.0 Å². The van der Waals surface area contributed by atoms with E-state index in [9.17, 15) is 9.59 Å². The summed E-state index contributed by atoms with van der Waals surface area (Å²) in [5.74, 6) is 0.931. The molecule has 10 heteroatoms. The van der Waals surface area contributed by atoms with Gasteiger partial charge in [0.05, 0.1) is 35.6 Å². The van der Waals surface area contributed by atoms with E-state index in [0.717, 1.165) is 82.0 Å². The van der Waals surface area contributed by atoms with Gasteiger partial charge in [0.1, 0.15) is 5.75 Å². The highest BCUT2D eigenvalue weighted by Crippen LogP contribution is 2.39. The minimum Gasteiger partial charge on any atom is -0.490 e. The largest absolute Gasteiger partial charge is 0.490 e. The topological polar surface area (TPSA) is 96.1 Å². The fourth-order valence-corrected chi connectivity index (χ4v) is 6.58. The maximum atomic E-state index is 13.5. The van der Waals surface area contributed by atoms with Gasteiger partial charge in [-0.2, -0.15) is 0 Å². The fraction of sp³-hybridized carbons (Fsp3) is 0.613. The number of hydrogen-bond acceptors (Lipinski definition) is 7. The first kappa shape index (κ1) is 29.9. The highest BCUT2D eigenvalue weighted by atomic mass is 35.5. The highest BCUT2D eigenvalue weighted by Gasteiger charge is 2.33. The highest BCUT2D eigenvalue weighted by molar-refractivity contribution is 6.36. The Morgan fingerprint density at radius 2 is 1.83 bits per heavy atom. The van der Waals surface area contributed by atoms with Gasteiger partial charge >= 0.3 is 0 Å². The molecule has 0 atom stereocenters. The molecule has 0 radical (unpaired) electrons. The standard InChI is InChI=1S/C31H43ClN4O5/c1-4-36(23-5-9-39-10-6-23)28-17-25(41-24-14-22(15-24)19-35-7-11-40-12-8-35)16-26(29(28)32)30(37)33-18-27-20(2)13-21(3)34-31(27)38/h13,16-17,22-24H,4-12,14-15,18-19H2,1-3H3,(H,33,37)(H,34,38). The summed E-state index contributed by atoms with van der Waals surface area (Å²) in [7, 11) is 0. The first-order chi connectivity index (χ1) is 19.8. The van der Waals surface area contributed by atoms with Gasteiger partial charge in [0, 0.05) is 69.3 Å². The molecule has 41 heavy (non-hydrogen) atoms. The van der Waals surface area contributed by atoms with Gasteiger partial charge in [-0.25, -0.2) is 0 Å². The molecule has 1 aromatic carbocycles. The summed E-state index contributed by atoms with van der Waals surface area (Å²) in [6.07, 6.45) is 3.89. The van der Waals surface area contributed by atoms with Gasteiger partial charge in [0.25, 0.3) is 11.5 Å². The molecule has 9 nitrogen and oxygen atoms in total. The first-order valence-electron chi connectivity index (χ1n) is 14.9. The normalized spacial score (nSPS) is 21.8. The Morgan fingerprint density at radius 1 is 1.12 bits per heavy atom. The van der Waals surface area contributed by atoms with Gasteiger partial charge in [-0.1, -0.05) is 11.6 Å². The Morgan fingerprint density at radius 3 is 2.51 bits per heavy atom. The van der Waals surface area contributed by atoms with E-state index in [1.807, 2.05) is 26.0 Å². The number of amides is 1. The number of aromatic amines is 1. The molecule has 2 saturated heterocycles. The van der Waals surface area contributed by atoms with Gasteiger partial charge in [-0.05, 0) is 70.1 Å². The molecule has 0 unspecified atom stereocenters. The van der Waals surface area contributed by atoms with Crippen LogP contribution in [0, 0.1) is 19.8 Å². The van der Waals surface area contributed by atoms with Crippen molar-refractivity contribution in [2.45, 2.75) is 65.1 Å². The number of morpholine rings is 1. The predicted octanol–water partition coefficient (Wildman–Crippen LogP) is 4.07. The van der Waals surface area contributed by atoms with Gasteiger partial charge in [-0.3, -0.25) is 14.5 Å². The summed E-state index contributed by atoms with van der Waals surface area (Å²) < 4.78 is 17.5. The molecule has 3 aliphatic rings. The van der Waals surface area contributed by atoms with Crippen LogP contribution in [-0.2, 0) is 16.0 Å². The molecular weight excluding hydrogens is 544 g/mol. The number of benzene rings is 1. The minimum atomic E-state index is -0.331. The van der Waals surface area contributed by atoms with Gasteiger partial charge < -0.3 is 29.4 Å². The quantitative estimate of drug-likeness (QED) is 0.433. The molecule has 2 aliphatic heterocycles. The van der Waals surface area contributed by atoms with Crippen LogP contribution in [0.5, 0.6) is 5.75 Å². The van der Waals surface area contributed by atoms with Crippen molar-refractivity contribution in [3.05, 3.63) is 56.0 Å². The van der Waals surface area contributed by atoms with Crippen molar-refractivity contribution in [2.75, 3.05) is 57.5 Å². The number of rotatable bonds is 10. The Labute approximate surface area is 247 Å². The van der Waals surface area contributed by atoms with E-state index in [0.29, 0.717) is 41.0 Å². The van der Waals surface area contributed by atoms with Crippen LogP contribution < -0.4 is 20.5 Å². The molecule has 1 aromatic heterocycles. The third-order valence-electron chi connectivity index (χ3n) is 8.59. The lowest BCUT2D eigenvalue weighted by atomic mass is 9.81. The average molecular weight is 587 g/mol. The van der Waals surface area contributed by atoms with Crippen molar-refractivity contribution in [1.82, 2.24) is 15.2 Å².